The Bertz CT molecular complexity index is 46.8. The van der Waals surface area contributed by atoms with Crippen molar-refractivity contribution in [3.63, 3.8) is 0 Å². The lowest BCUT2D eigenvalue weighted by molar-refractivity contribution is 0.727. The summed E-state index contributed by atoms with van der Waals surface area (Å²) in [6.45, 7) is 0.958. The number of hydrogen-bond acceptors (Lipinski definition) is 2. The molecule has 1 aliphatic rings. The summed E-state index contributed by atoms with van der Waals surface area (Å²) in [6, 6.07) is 0. The zero-order valence-corrected chi connectivity index (χ0v) is 4.98. The average Bonchev–Trinajstić information content (AvgIpc) is 1.76. The van der Waals surface area contributed by atoms with Gasteiger partial charge in [-0.3, -0.25) is 0 Å². The Hall–Kier alpha value is -0.0700. The zero-order valence-electron chi connectivity index (χ0n) is 3.57. The fourth-order valence-electron chi connectivity index (χ4n) is 0.295. The van der Waals surface area contributed by atoms with Gasteiger partial charge in [0.2, 0.25) is 0 Å². The van der Waals surface area contributed by atoms with Crippen LogP contribution in [0.1, 0.15) is 0 Å². The Morgan fingerprint density at radius 3 is 2.50 bits per heavy atom. The Morgan fingerprint density at radius 1 is 1.50 bits per heavy atom. The molecule has 0 radical (unpaired) electrons. The summed E-state index contributed by atoms with van der Waals surface area (Å²) in [6.07, 6.45) is 3.89. The van der Waals surface area contributed by atoms with Gasteiger partial charge in [0, 0.05) is 12.7 Å². The van der Waals surface area contributed by atoms with Gasteiger partial charge in [0.1, 0.15) is 0 Å². The Kier molecular flexibility index (Phi) is 3.10. The summed E-state index contributed by atoms with van der Waals surface area (Å²) in [4.78, 5) is 0. The summed E-state index contributed by atoms with van der Waals surface area (Å²) in [7, 11) is 0. The van der Waals surface area contributed by atoms with Crippen molar-refractivity contribution in [2.45, 2.75) is 0 Å². The first-order chi connectivity index (χ1) is 2.50. The van der Waals surface area contributed by atoms with E-state index in [1.807, 2.05) is 12.3 Å². The lowest BCUT2D eigenvalue weighted by Gasteiger charge is -1.83. The summed E-state index contributed by atoms with van der Waals surface area (Å²) in [5.74, 6) is 0. The van der Waals surface area contributed by atoms with Crippen LogP contribution in [0.25, 0.3) is 0 Å². The van der Waals surface area contributed by atoms with Crippen LogP contribution < -0.4 is 10.9 Å². The minimum absolute atomic E-state index is 0. The zero-order chi connectivity index (χ0) is 3.54. The first-order valence-electron chi connectivity index (χ1n) is 1.63. The summed E-state index contributed by atoms with van der Waals surface area (Å²) in [5, 5.41) is 0. The Morgan fingerprint density at radius 2 is 2.33 bits per heavy atom. The standard InChI is InChI=1S/C3H6N2.H3P/c1-2-4-5-3-1;/h1-2,4-5H,3H2;1H3. The summed E-state index contributed by atoms with van der Waals surface area (Å²) in [5.41, 5.74) is 5.65. The van der Waals surface area contributed by atoms with E-state index in [-0.39, 0.29) is 9.90 Å². The maximum atomic E-state index is 2.86. The van der Waals surface area contributed by atoms with Crippen molar-refractivity contribution in [3.8, 4) is 0 Å². The molecule has 0 spiro atoms. The van der Waals surface area contributed by atoms with E-state index in [0.717, 1.165) is 6.54 Å². The van der Waals surface area contributed by atoms with Crippen LogP contribution in [-0.4, -0.2) is 6.54 Å². The van der Waals surface area contributed by atoms with Crippen molar-refractivity contribution in [2.24, 2.45) is 0 Å². The third-order valence-electron chi connectivity index (χ3n) is 0.523. The molecule has 3 heteroatoms. The van der Waals surface area contributed by atoms with E-state index in [0.29, 0.717) is 0 Å². The van der Waals surface area contributed by atoms with E-state index in [2.05, 4.69) is 10.9 Å². The predicted octanol–water partition coefficient (Wildman–Crippen LogP) is -0.334. The molecule has 1 rings (SSSR count). The molecule has 0 saturated carbocycles. The molecule has 0 fully saturated rings. The van der Waals surface area contributed by atoms with Crippen molar-refractivity contribution >= 4 is 9.90 Å². The van der Waals surface area contributed by atoms with Crippen LogP contribution in [-0.2, 0) is 0 Å². The van der Waals surface area contributed by atoms with Gasteiger partial charge in [0.15, 0.2) is 0 Å². The smallest absolute Gasteiger partial charge is 0.0345 e. The molecule has 6 heavy (non-hydrogen) atoms. The molecule has 1 unspecified atom stereocenters. The highest BCUT2D eigenvalue weighted by atomic mass is 31.0. The molecule has 2 nitrogen and oxygen atoms in total. The van der Waals surface area contributed by atoms with Gasteiger partial charge < -0.3 is 5.43 Å². The molecule has 0 amide bonds. The third-order valence-corrected chi connectivity index (χ3v) is 0.523. The average molecular weight is 104 g/mol. The number of nitrogens with one attached hydrogen (secondary N) is 2. The molecule has 0 aromatic heterocycles. The number of hydrogen-bond donors (Lipinski definition) is 2. The molecule has 1 aliphatic heterocycles. The van der Waals surface area contributed by atoms with Gasteiger partial charge >= 0.3 is 0 Å². The molecule has 1 atom stereocenters. The summed E-state index contributed by atoms with van der Waals surface area (Å²) >= 11 is 0. The minimum Gasteiger partial charge on any atom is -0.329 e. The maximum absolute atomic E-state index is 2.86. The van der Waals surface area contributed by atoms with Crippen LogP contribution in [0.2, 0.25) is 0 Å². The summed E-state index contributed by atoms with van der Waals surface area (Å²) < 4.78 is 0. The van der Waals surface area contributed by atoms with Crippen molar-refractivity contribution in [1.82, 2.24) is 10.9 Å². The van der Waals surface area contributed by atoms with E-state index in [9.17, 15) is 0 Å². The highest BCUT2D eigenvalue weighted by molar-refractivity contribution is 6.92. The Balaban J connectivity index is 0.000000250. The van der Waals surface area contributed by atoms with Gasteiger partial charge in [0.25, 0.3) is 0 Å². The van der Waals surface area contributed by atoms with E-state index >= 15 is 0 Å². The first-order valence-corrected chi connectivity index (χ1v) is 1.63. The largest absolute Gasteiger partial charge is 0.329 e. The molecule has 2 N–H and O–H groups in total. The molecular weight excluding hydrogens is 95.0 g/mol. The predicted molar refractivity (Wildman–Crippen MR) is 31.4 cm³/mol. The van der Waals surface area contributed by atoms with E-state index in [1.54, 1.807) is 0 Å². The van der Waals surface area contributed by atoms with Crippen molar-refractivity contribution < 1.29 is 0 Å². The van der Waals surface area contributed by atoms with Crippen LogP contribution in [0.3, 0.4) is 0 Å². The van der Waals surface area contributed by atoms with Gasteiger partial charge in [0.05, 0.1) is 0 Å². The van der Waals surface area contributed by atoms with Crippen LogP contribution in [0.15, 0.2) is 12.3 Å². The molecule has 0 aromatic carbocycles. The number of hydrazine groups is 1. The lowest BCUT2D eigenvalue weighted by Crippen LogP contribution is -2.19. The molecule has 36 valence electrons. The monoisotopic (exact) mass is 104 g/mol. The molecule has 0 aliphatic carbocycles. The number of rotatable bonds is 0. The van der Waals surface area contributed by atoms with Crippen LogP contribution >= 0.6 is 9.90 Å². The van der Waals surface area contributed by atoms with Crippen LogP contribution in [0.4, 0.5) is 0 Å². The second kappa shape index (κ2) is 3.13. The van der Waals surface area contributed by atoms with Gasteiger partial charge in [-0.25, -0.2) is 5.43 Å². The normalized spacial score (nSPS) is 16.0. The van der Waals surface area contributed by atoms with Gasteiger partial charge in [-0.1, -0.05) is 6.08 Å². The van der Waals surface area contributed by atoms with Gasteiger partial charge in [-0.2, -0.15) is 9.90 Å². The van der Waals surface area contributed by atoms with Crippen molar-refractivity contribution in [2.75, 3.05) is 6.54 Å². The third kappa shape index (κ3) is 1.39. The highest BCUT2D eigenvalue weighted by Gasteiger charge is 1.78. The van der Waals surface area contributed by atoms with Crippen molar-refractivity contribution in [1.29, 1.82) is 0 Å². The maximum Gasteiger partial charge on any atom is 0.0345 e. The lowest BCUT2D eigenvalue weighted by atomic mass is 10.7. The van der Waals surface area contributed by atoms with Crippen LogP contribution in [0, 0.1) is 0 Å². The fourth-order valence-corrected chi connectivity index (χ4v) is 0.295. The Labute approximate surface area is 40.6 Å². The second-order valence-electron chi connectivity index (χ2n) is 0.928. The van der Waals surface area contributed by atoms with E-state index in [1.165, 1.54) is 0 Å². The topological polar surface area (TPSA) is 24.1 Å². The van der Waals surface area contributed by atoms with Gasteiger partial charge in [-0.05, 0) is 0 Å². The fraction of sp³-hybridized carbons (Fsp3) is 0.333. The minimum atomic E-state index is 0. The first kappa shape index (κ1) is 5.93. The SMILES string of the molecule is C1=CNNC1.P. The van der Waals surface area contributed by atoms with E-state index in [4.69, 9.17) is 0 Å². The van der Waals surface area contributed by atoms with Crippen molar-refractivity contribution in [3.05, 3.63) is 12.3 Å². The second-order valence-corrected chi connectivity index (χ2v) is 0.928. The highest BCUT2D eigenvalue weighted by Crippen LogP contribution is 1.67. The molecule has 0 aromatic rings. The molecule has 1 heterocycles. The van der Waals surface area contributed by atoms with Crippen LogP contribution in [0.5, 0.6) is 0 Å². The molecular formula is C3H9N2P. The molecule has 0 saturated heterocycles. The molecule has 0 bridgehead atoms. The quantitative estimate of drug-likeness (QED) is 0.411. The van der Waals surface area contributed by atoms with E-state index < -0.39 is 0 Å². The van der Waals surface area contributed by atoms with Gasteiger partial charge in [-0.15, -0.1) is 0 Å².